The zero-order chi connectivity index (χ0) is 16.4. The third-order valence-corrected chi connectivity index (χ3v) is 4.46. The standard InChI is InChI=1S/C20H19N3O/c24-20(14-23-13-5-7-15-6-1-2-11-19(15)23)22-18-10-3-9-17-16(18)8-4-12-21-17/h1-4,6,8-12H,5,7,13-14H2,(H,22,24). The van der Waals surface area contributed by atoms with Gasteiger partial charge in [-0.05, 0) is 48.7 Å². The zero-order valence-corrected chi connectivity index (χ0v) is 13.4. The minimum atomic E-state index is 0.00283. The van der Waals surface area contributed by atoms with Crippen LogP contribution in [0, 0.1) is 0 Å². The fraction of sp³-hybridized carbons (Fsp3) is 0.200. The Labute approximate surface area is 141 Å². The Hall–Kier alpha value is -2.88. The van der Waals surface area contributed by atoms with Crippen LogP contribution in [0.5, 0.6) is 0 Å². The molecule has 1 aliphatic rings. The number of hydrogen-bond donors (Lipinski definition) is 1. The molecule has 4 heteroatoms. The zero-order valence-electron chi connectivity index (χ0n) is 13.4. The summed E-state index contributed by atoms with van der Waals surface area (Å²) in [7, 11) is 0. The van der Waals surface area contributed by atoms with E-state index >= 15 is 0 Å². The number of amides is 1. The Kier molecular flexibility index (Phi) is 3.87. The van der Waals surface area contributed by atoms with E-state index in [0.717, 1.165) is 36.0 Å². The molecule has 1 N–H and O–H groups in total. The van der Waals surface area contributed by atoms with Gasteiger partial charge in [0.05, 0.1) is 17.7 Å². The number of carbonyl (C=O) groups is 1. The highest BCUT2D eigenvalue weighted by atomic mass is 16.2. The SMILES string of the molecule is O=C(CN1CCCc2ccccc21)Nc1cccc2ncccc12. The van der Waals surface area contributed by atoms with Crippen molar-refractivity contribution < 1.29 is 4.79 Å². The monoisotopic (exact) mass is 317 g/mol. The maximum atomic E-state index is 12.6. The molecule has 0 saturated heterocycles. The van der Waals surface area contributed by atoms with Gasteiger partial charge in [-0.2, -0.15) is 0 Å². The van der Waals surface area contributed by atoms with Crippen LogP contribution < -0.4 is 10.2 Å². The first-order valence-corrected chi connectivity index (χ1v) is 8.28. The second-order valence-corrected chi connectivity index (χ2v) is 6.08. The number of rotatable bonds is 3. The number of anilines is 2. The molecule has 0 spiro atoms. The summed E-state index contributed by atoms with van der Waals surface area (Å²) in [5, 5.41) is 4.01. The van der Waals surface area contributed by atoms with E-state index in [4.69, 9.17) is 0 Å². The van der Waals surface area contributed by atoms with E-state index < -0.39 is 0 Å². The molecule has 4 rings (SSSR count). The summed E-state index contributed by atoms with van der Waals surface area (Å²) in [5.41, 5.74) is 4.21. The van der Waals surface area contributed by atoms with Gasteiger partial charge in [-0.25, -0.2) is 0 Å². The molecule has 4 nitrogen and oxygen atoms in total. The number of hydrogen-bond acceptors (Lipinski definition) is 3. The van der Waals surface area contributed by atoms with Gasteiger partial charge in [0.25, 0.3) is 0 Å². The predicted octanol–water partition coefficient (Wildman–Crippen LogP) is 3.63. The molecular weight excluding hydrogens is 298 g/mol. The Bertz CT molecular complexity index is 885. The van der Waals surface area contributed by atoms with Crippen LogP contribution in [0.25, 0.3) is 10.9 Å². The van der Waals surface area contributed by atoms with Gasteiger partial charge in [0, 0.05) is 23.8 Å². The largest absolute Gasteiger partial charge is 0.362 e. The highest BCUT2D eigenvalue weighted by molar-refractivity contribution is 6.02. The van der Waals surface area contributed by atoms with Gasteiger partial charge in [0.2, 0.25) is 5.91 Å². The third-order valence-electron chi connectivity index (χ3n) is 4.46. The van der Waals surface area contributed by atoms with Crippen LogP contribution in [-0.2, 0) is 11.2 Å². The molecule has 2 heterocycles. The van der Waals surface area contributed by atoms with Gasteiger partial charge in [-0.15, -0.1) is 0 Å². The van der Waals surface area contributed by atoms with Crippen molar-refractivity contribution in [3.05, 3.63) is 66.4 Å². The Morgan fingerprint density at radius 3 is 2.96 bits per heavy atom. The van der Waals surface area contributed by atoms with Gasteiger partial charge in [-0.3, -0.25) is 9.78 Å². The van der Waals surface area contributed by atoms with Crippen molar-refractivity contribution in [2.75, 3.05) is 23.3 Å². The first-order chi connectivity index (χ1) is 11.8. The number of para-hydroxylation sites is 1. The molecular formula is C20H19N3O. The Balaban J connectivity index is 1.53. The number of fused-ring (bicyclic) bond motifs is 2. The minimum Gasteiger partial charge on any atom is -0.362 e. The lowest BCUT2D eigenvalue weighted by molar-refractivity contribution is -0.115. The molecule has 0 unspecified atom stereocenters. The van der Waals surface area contributed by atoms with Gasteiger partial charge in [-0.1, -0.05) is 24.3 Å². The molecule has 1 amide bonds. The Morgan fingerprint density at radius 2 is 2.00 bits per heavy atom. The smallest absolute Gasteiger partial charge is 0.243 e. The molecule has 0 bridgehead atoms. The quantitative estimate of drug-likeness (QED) is 0.802. The van der Waals surface area contributed by atoms with Crippen LogP contribution in [0.3, 0.4) is 0 Å². The van der Waals surface area contributed by atoms with Crippen LogP contribution in [-0.4, -0.2) is 24.0 Å². The summed E-state index contributed by atoms with van der Waals surface area (Å²) in [4.78, 5) is 19.1. The first kappa shape index (κ1) is 14.7. The van der Waals surface area contributed by atoms with E-state index in [9.17, 15) is 4.79 Å². The van der Waals surface area contributed by atoms with Crippen molar-refractivity contribution in [1.82, 2.24) is 4.98 Å². The summed E-state index contributed by atoms with van der Waals surface area (Å²) >= 11 is 0. The predicted molar refractivity (Wildman–Crippen MR) is 97.3 cm³/mol. The van der Waals surface area contributed by atoms with Crippen LogP contribution in [0.15, 0.2) is 60.8 Å². The van der Waals surface area contributed by atoms with E-state index in [1.165, 1.54) is 11.3 Å². The van der Waals surface area contributed by atoms with E-state index in [-0.39, 0.29) is 5.91 Å². The average Bonchev–Trinajstić information content (AvgIpc) is 2.62. The number of nitrogens with zero attached hydrogens (tertiary/aromatic N) is 2. The molecule has 0 radical (unpaired) electrons. The number of benzene rings is 2. The third kappa shape index (κ3) is 2.83. The van der Waals surface area contributed by atoms with Crippen LogP contribution in [0.4, 0.5) is 11.4 Å². The summed E-state index contributed by atoms with van der Waals surface area (Å²) in [6, 6.07) is 18.0. The molecule has 0 atom stereocenters. The summed E-state index contributed by atoms with van der Waals surface area (Å²) in [6.07, 6.45) is 3.93. The number of pyridine rings is 1. The molecule has 0 fully saturated rings. The fourth-order valence-corrected chi connectivity index (χ4v) is 3.35. The van der Waals surface area contributed by atoms with Crippen LogP contribution >= 0.6 is 0 Å². The summed E-state index contributed by atoms with van der Waals surface area (Å²) < 4.78 is 0. The average molecular weight is 317 g/mol. The van der Waals surface area contributed by atoms with E-state index in [2.05, 4.69) is 33.4 Å². The maximum absolute atomic E-state index is 12.6. The van der Waals surface area contributed by atoms with Crippen LogP contribution in [0.2, 0.25) is 0 Å². The van der Waals surface area contributed by atoms with Gasteiger partial charge < -0.3 is 10.2 Å². The van der Waals surface area contributed by atoms with Gasteiger partial charge in [0.1, 0.15) is 0 Å². The lowest BCUT2D eigenvalue weighted by Gasteiger charge is -2.30. The Morgan fingerprint density at radius 1 is 1.08 bits per heavy atom. The van der Waals surface area contributed by atoms with Gasteiger partial charge >= 0.3 is 0 Å². The molecule has 3 aromatic rings. The highest BCUT2D eigenvalue weighted by Gasteiger charge is 2.18. The molecule has 2 aromatic carbocycles. The van der Waals surface area contributed by atoms with Crippen LogP contribution in [0.1, 0.15) is 12.0 Å². The second kappa shape index (κ2) is 6.32. The van der Waals surface area contributed by atoms with Crippen molar-refractivity contribution in [1.29, 1.82) is 0 Å². The van der Waals surface area contributed by atoms with E-state index in [1.54, 1.807) is 6.20 Å². The molecule has 24 heavy (non-hydrogen) atoms. The number of carbonyl (C=O) groups excluding carboxylic acids is 1. The lowest BCUT2D eigenvalue weighted by atomic mass is 10.0. The fourth-order valence-electron chi connectivity index (χ4n) is 3.35. The lowest BCUT2D eigenvalue weighted by Crippen LogP contribution is -2.36. The van der Waals surface area contributed by atoms with E-state index in [1.807, 2.05) is 36.4 Å². The molecule has 120 valence electrons. The molecule has 0 saturated carbocycles. The topological polar surface area (TPSA) is 45.2 Å². The highest BCUT2D eigenvalue weighted by Crippen LogP contribution is 2.27. The van der Waals surface area contributed by atoms with Crippen molar-refractivity contribution in [3.63, 3.8) is 0 Å². The van der Waals surface area contributed by atoms with Crippen molar-refractivity contribution >= 4 is 28.2 Å². The summed E-state index contributed by atoms with van der Waals surface area (Å²) in [6.45, 7) is 1.29. The number of nitrogens with one attached hydrogen (secondary N) is 1. The molecule has 0 aliphatic carbocycles. The first-order valence-electron chi connectivity index (χ1n) is 8.28. The minimum absolute atomic E-state index is 0.00283. The number of aromatic nitrogens is 1. The number of aryl methyl sites for hydroxylation is 1. The maximum Gasteiger partial charge on any atom is 0.243 e. The second-order valence-electron chi connectivity index (χ2n) is 6.08. The summed E-state index contributed by atoms with van der Waals surface area (Å²) in [5.74, 6) is 0.00283. The van der Waals surface area contributed by atoms with Gasteiger partial charge in [0.15, 0.2) is 0 Å². The van der Waals surface area contributed by atoms with E-state index in [0.29, 0.717) is 6.54 Å². The van der Waals surface area contributed by atoms with Crippen molar-refractivity contribution in [3.8, 4) is 0 Å². The normalized spacial score (nSPS) is 13.6. The van der Waals surface area contributed by atoms with Crippen molar-refractivity contribution in [2.45, 2.75) is 12.8 Å². The molecule has 1 aliphatic heterocycles. The van der Waals surface area contributed by atoms with Crippen molar-refractivity contribution in [2.24, 2.45) is 0 Å². The molecule has 1 aromatic heterocycles.